The third-order valence-corrected chi connectivity index (χ3v) is 3.96. The van der Waals surface area contributed by atoms with Crippen LogP contribution in [-0.4, -0.2) is 11.0 Å². The van der Waals surface area contributed by atoms with E-state index in [1.165, 1.54) is 24.4 Å². The Hall–Kier alpha value is -2.44. The van der Waals surface area contributed by atoms with Gasteiger partial charge in [-0.3, -0.25) is 4.79 Å². The zero-order valence-corrected chi connectivity index (χ0v) is 14.7. The first-order chi connectivity index (χ1) is 12.4. The molecule has 3 aromatic rings. The summed E-state index contributed by atoms with van der Waals surface area (Å²) in [6.07, 6.45) is 1.42. The van der Waals surface area contributed by atoms with Crippen molar-refractivity contribution in [3.05, 3.63) is 70.2 Å². The first kappa shape index (κ1) is 18.4. The van der Waals surface area contributed by atoms with Gasteiger partial charge in [-0.25, -0.2) is 13.8 Å². The van der Waals surface area contributed by atoms with Crippen molar-refractivity contribution in [3.8, 4) is 17.1 Å². The van der Waals surface area contributed by atoms with E-state index in [4.69, 9.17) is 32.4 Å². The minimum atomic E-state index is -0.761. The lowest BCUT2D eigenvalue weighted by Crippen LogP contribution is -2.09. The summed E-state index contributed by atoms with van der Waals surface area (Å²) in [5.41, 5.74) is 0.0819. The van der Waals surface area contributed by atoms with E-state index in [-0.39, 0.29) is 40.8 Å². The molecule has 0 aliphatic rings. The van der Waals surface area contributed by atoms with Crippen molar-refractivity contribution in [1.29, 1.82) is 0 Å². The second-order valence-electron chi connectivity index (χ2n) is 5.29. The SMILES string of the molecule is O=C(CCc1ncc(-c2ccc(F)cc2F)o1)Oc1cc(Cl)ccc1Cl. The fourth-order valence-electron chi connectivity index (χ4n) is 2.18. The summed E-state index contributed by atoms with van der Waals surface area (Å²) < 4.78 is 37.3. The molecule has 0 N–H and O–H groups in total. The Balaban J connectivity index is 1.62. The number of aromatic nitrogens is 1. The van der Waals surface area contributed by atoms with E-state index in [2.05, 4.69) is 4.98 Å². The minimum absolute atomic E-state index is 0.0330. The molecule has 2 aromatic carbocycles. The van der Waals surface area contributed by atoms with Crippen molar-refractivity contribution in [1.82, 2.24) is 4.98 Å². The van der Waals surface area contributed by atoms with Crippen LogP contribution in [0.3, 0.4) is 0 Å². The number of hydrogen-bond acceptors (Lipinski definition) is 4. The summed E-state index contributed by atoms with van der Waals surface area (Å²) in [6, 6.07) is 7.65. The van der Waals surface area contributed by atoms with Crippen molar-refractivity contribution >= 4 is 29.2 Å². The van der Waals surface area contributed by atoms with Crippen LogP contribution in [0.5, 0.6) is 5.75 Å². The van der Waals surface area contributed by atoms with Crippen LogP contribution in [0.1, 0.15) is 12.3 Å². The molecule has 0 fully saturated rings. The van der Waals surface area contributed by atoms with E-state index in [9.17, 15) is 13.6 Å². The van der Waals surface area contributed by atoms with Gasteiger partial charge in [0.1, 0.15) is 11.6 Å². The summed E-state index contributed by atoms with van der Waals surface area (Å²) in [7, 11) is 0. The van der Waals surface area contributed by atoms with Gasteiger partial charge in [0, 0.05) is 23.6 Å². The van der Waals surface area contributed by atoms with Gasteiger partial charge >= 0.3 is 5.97 Å². The minimum Gasteiger partial charge on any atom is -0.441 e. The summed E-state index contributed by atoms with van der Waals surface area (Å²) >= 11 is 11.8. The molecule has 0 spiro atoms. The van der Waals surface area contributed by atoms with E-state index < -0.39 is 17.6 Å². The molecule has 0 unspecified atom stereocenters. The number of carbonyl (C=O) groups is 1. The zero-order chi connectivity index (χ0) is 18.7. The monoisotopic (exact) mass is 397 g/mol. The van der Waals surface area contributed by atoms with Crippen LogP contribution in [0.2, 0.25) is 10.0 Å². The Bertz CT molecular complexity index is 959. The highest BCUT2D eigenvalue weighted by atomic mass is 35.5. The molecular formula is C18H11Cl2F2NO3. The van der Waals surface area contributed by atoms with Crippen molar-refractivity contribution in [2.24, 2.45) is 0 Å². The molecular weight excluding hydrogens is 387 g/mol. The molecule has 0 bridgehead atoms. The van der Waals surface area contributed by atoms with E-state index >= 15 is 0 Å². The Morgan fingerprint density at radius 3 is 2.73 bits per heavy atom. The normalized spacial score (nSPS) is 10.8. The van der Waals surface area contributed by atoms with E-state index in [0.717, 1.165) is 12.1 Å². The number of hydrogen-bond donors (Lipinski definition) is 0. The van der Waals surface area contributed by atoms with Crippen LogP contribution < -0.4 is 4.74 Å². The van der Waals surface area contributed by atoms with Crippen LogP contribution in [0, 0.1) is 11.6 Å². The van der Waals surface area contributed by atoms with Crippen molar-refractivity contribution < 1.29 is 22.7 Å². The van der Waals surface area contributed by atoms with E-state index in [0.29, 0.717) is 5.02 Å². The van der Waals surface area contributed by atoms with E-state index in [1.54, 1.807) is 6.07 Å². The van der Waals surface area contributed by atoms with E-state index in [1.807, 2.05) is 0 Å². The summed E-state index contributed by atoms with van der Waals surface area (Å²) in [6.45, 7) is 0. The van der Waals surface area contributed by atoms with Gasteiger partial charge in [-0.15, -0.1) is 0 Å². The molecule has 4 nitrogen and oxygen atoms in total. The molecule has 8 heteroatoms. The third-order valence-electron chi connectivity index (χ3n) is 3.41. The standard InChI is InChI=1S/C18H11Cl2F2NO3/c19-10-1-4-13(20)15(7-10)26-18(24)6-5-17-23-9-16(25-17)12-3-2-11(21)8-14(12)22/h1-4,7-9H,5-6H2. The van der Waals surface area contributed by atoms with Gasteiger partial charge in [0.25, 0.3) is 0 Å². The third kappa shape index (κ3) is 4.39. The number of halogens is 4. The average Bonchev–Trinajstić information content (AvgIpc) is 3.05. The lowest BCUT2D eigenvalue weighted by Gasteiger charge is -2.05. The highest BCUT2D eigenvalue weighted by molar-refractivity contribution is 6.34. The van der Waals surface area contributed by atoms with Crippen molar-refractivity contribution in [2.75, 3.05) is 0 Å². The number of ether oxygens (including phenoxy) is 1. The molecule has 0 amide bonds. The predicted octanol–water partition coefficient (Wildman–Crippen LogP) is 5.46. The number of aryl methyl sites for hydroxylation is 1. The van der Waals surface area contributed by atoms with Gasteiger partial charge in [0.2, 0.25) is 0 Å². The van der Waals surface area contributed by atoms with Gasteiger partial charge in [0.05, 0.1) is 23.2 Å². The lowest BCUT2D eigenvalue weighted by atomic mass is 10.2. The Labute approximate surface area is 157 Å². The van der Waals surface area contributed by atoms with Crippen LogP contribution in [0.4, 0.5) is 8.78 Å². The Morgan fingerprint density at radius 2 is 1.96 bits per heavy atom. The molecule has 134 valence electrons. The molecule has 1 heterocycles. The maximum atomic E-state index is 13.7. The van der Waals surface area contributed by atoms with Crippen LogP contribution in [0.25, 0.3) is 11.3 Å². The zero-order valence-electron chi connectivity index (χ0n) is 13.1. The molecule has 1 aromatic heterocycles. The van der Waals surface area contributed by atoms with Crippen LogP contribution in [0.15, 0.2) is 47.0 Å². The molecule has 0 radical (unpaired) electrons. The van der Waals surface area contributed by atoms with Gasteiger partial charge < -0.3 is 9.15 Å². The largest absolute Gasteiger partial charge is 0.441 e. The quantitative estimate of drug-likeness (QED) is 0.423. The summed E-state index contributed by atoms with van der Waals surface area (Å²) in [4.78, 5) is 15.9. The first-order valence-electron chi connectivity index (χ1n) is 7.48. The number of carbonyl (C=O) groups excluding carboxylic acids is 1. The van der Waals surface area contributed by atoms with Crippen molar-refractivity contribution in [3.63, 3.8) is 0 Å². The summed E-state index contributed by atoms with van der Waals surface area (Å²) in [5, 5.41) is 0.642. The van der Waals surface area contributed by atoms with Gasteiger partial charge in [-0.1, -0.05) is 23.2 Å². The second kappa shape index (κ2) is 7.85. The maximum Gasteiger partial charge on any atom is 0.311 e. The number of oxazole rings is 1. The molecule has 0 aliphatic carbocycles. The molecule has 0 aliphatic heterocycles. The van der Waals surface area contributed by atoms with Crippen LogP contribution >= 0.6 is 23.2 Å². The molecule has 26 heavy (non-hydrogen) atoms. The number of nitrogens with zero attached hydrogens (tertiary/aromatic N) is 1. The first-order valence-corrected chi connectivity index (χ1v) is 8.24. The fourth-order valence-corrected chi connectivity index (χ4v) is 2.50. The Kier molecular flexibility index (Phi) is 5.54. The van der Waals surface area contributed by atoms with Crippen LogP contribution in [-0.2, 0) is 11.2 Å². The molecule has 3 rings (SSSR count). The number of rotatable bonds is 5. The van der Waals surface area contributed by atoms with Gasteiger partial charge in [-0.05, 0) is 24.3 Å². The van der Waals surface area contributed by atoms with Gasteiger partial charge in [0.15, 0.2) is 17.4 Å². The second-order valence-corrected chi connectivity index (χ2v) is 6.13. The average molecular weight is 398 g/mol. The maximum absolute atomic E-state index is 13.7. The van der Waals surface area contributed by atoms with Crippen molar-refractivity contribution in [2.45, 2.75) is 12.8 Å². The lowest BCUT2D eigenvalue weighted by molar-refractivity contribution is -0.134. The molecule has 0 saturated heterocycles. The highest BCUT2D eigenvalue weighted by Gasteiger charge is 2.14. The molecule has 0 atom stereocenters. The number of esters is 1. The molecule has 0 saturated carbocycles. The summed E-state index contributed by atoms with van der Waals surface area (Å²) in [5.74, 6) is -1.48. The van der Waals surface area contributed by atoms with Gasteiger partial charge in [-0.2, -0.15) is 0 Å². The predicted molar refractivity (Wildman–Crippen MR) is 92.3 cm³/mol. The smallest absolute Gasteiger partial charge is 0.311 e. The Morgan fingerprint density at radius 1 is 1.15 bits per heavy atom. The number of benzene rings is 2. The fraction of sp³-hybridized carbons (Fsp3) is 0.111. The highest BCUT2D eigenvalue weighted by Crippen LogP contribution is 2.28. The topological polar surface area (TPSA) is 52.3 Å².